The molecule has 2 unspecified atom stereocenters. The summed E-state index contributed by atoms with van der Waals surface area (Å²) in [6.07, 6.45) is -5.29. The molecule has 1 aliphatic heterocycles. The molecule has 0 saturated carbocycles. The summed E-state index contributed by atoms with van der Waals surface area (Å²) in [5, 5.41) is 0. The van der Waals surface area contributed by atoms with E-state index < -0.39 is 31.0 Å². The topological polar surface area (TPSA) is 67.4 Å². The average molecular weight is 373 g/mol. The predicted molar refractivity (Wildman–Crippen MR) is 88.2 cm³/mol. The first-order valence-corrected chi connectivity index (χ1v) is 8.12. The van der Waals surface area contributed by atoms with E-state index in [-0.39, 0.29) is 6.04 Å². The van der Waals surface area contributed by atoms with Gasteiger partial charge in [0.25, 0.3) is 6.43 Å². The van der Waals surface area contributed by atoms with Crippen LogP contribution in [0.15, 0.2) is 18.2 Å². The van der Waals surface area contributed by atoms with Gasteiger partial charge in [-0.3, -0.25) is 4.79 Å². The molecule has 2 heterocycles. The first-order chi connectivity index (χ1) is 12.3. The number of alkyl halides is 3. The van der Waals surface area contributed by atoms with Crippen LogP contribution in [-0.2, 0) is 11.3 Å². The van der Waals surface area contributed by atoms with Crippen LogP contribution in [0, 0.1) is 5.82 Å². The molecule has 0 spiro atoms. The molecular formula is C16H19F4N5O. The highest BCUT2D eigenvalue weighted by Crippen LogP contribution is 2.26. The van der Waals surface area contributed by atoms with E-state index in [1.54, 1.807) is 0 Å². The predicted octanol–water partition coefficient (Wildman–Crippen LogP) is 1.73. The molecule has 2 atom stereocenters. The van der Waals surface area contributed by atoms with Crippen LogP contribution >= 0.6 is 0 Å². The van der Waals surface area contributed by atoms with Crippen molar-refractivity contribution in [3.05, 3.63) is 24.0 Å². The number of nitrogens with zero attached hydrogens (tertiary/aromatic N) is 4. The van der Waals surface area contributed by atoms with E-state index in [9.17, 15) is 22.4 Å². The molecule has 0 radical (unpaired) electrons. The molecule has 1 amide bonds. The molecule has 6 nitrogen and oxygen atoms in total. The first kappa shape index (κ1) is 18.4. The van der Waals surface area contributed by atoms with Crippen LogP contribution in [0.5, 0.6) is 0 Å². The number of carbonyl (C=O) groups excluding carboxylic acids is 1. The fraction of sp³-hybridized carbons (Fsp3) is 0.500. The number of anilines is 1. The third kappa shape index (κ3) is 3.46. The number of likely N-dealkylation sites (N-methyl/N-ethyl adjacent to an activating group) is 1. The number of fused-ring (bicyclic) bond motifs is 1. The fourth-order valence-electron chi connectivity index (χ4n) is 3.00. The van der Waals surface area contributed by atoms with E-state index in [2.05, 4.69) is 4.98 Å². The van der Waals surface area contributed by atoms with Crippen molar-refractivity contribution in [3.8, 4) is 0 Å². The number of hydrogen-bond donors (Lipinski definition) is 1. The van der Waals surface area contributed by atoms with Gasteiger partial charge in [-0.25, -0.2) is 22.5 Å². The standard InChI is InChI=1S/C16H19F4N5O/c1-23(15(20)14(18)19)13(26)8-25-12-6-9(17)2-3-11(12)22-16(25)24-5-4-10(21)7-24/h2-3,6,10,14-15H,4-5,7-8,21H2,1H3. The molecule has 0 aliphatic carbocycles. The van der Waals surface area contributed by atoms with Crippen molar-refractivity contribution in [2.75, 3.05) is 25.0 Å². The monoisotopic (exact) mass is 373 g/mol. The second-order valence-corrected chi connectivity index (χ2v) is 6.34. The van der Waals surface area contributed by atoms with Crippen LogP contribution in [0.1, 0.15) is 6.42 Å². The van der Waals surface area contributed by atoms with Crippen molar-refractivity contribution < 1.29 is 22.4 Å². The minimum atomic E-state index is -3.31. The number of amides is 1. The summed E-state index contributed by atoms with van der Waals surface area (Å²) < 4.78 is 53.6. The summed E-state index contributed by atoms with van der Waals surface area (Å²) >= 11 is 0. The van der Waals surface area contributed by atoms with Crippen molar-refractivity contribution >= 4 is 22.9 Å². The molecule has 0 bridgehead atoms. The van der Waals surface area contributed by atoms with Gasteiger partial charge in [0.15, 0.2) is 0 Å². The lowest BCUT2D eigenvalue weighted by molar-refractivity contribution is -0.142. The quantitative estimate of drug-likeness (QED) is 0.640. The molecule has 142 valence electrons. The number of imidazole rings is 1. The second kappa shape index (κ2) is 7.10. The van der Waals surface area contributed by atoms with Crippen LogP contribution in [0.2, 0.25) is 0 Å². The zero-order chi connectivity index (χ0) is 19.0. The lowest BCUT2D eigenvalue weighted by Gasteiger charge is -2.23. The average Bonchev–Trinajstić information content (AvgIpc) is 3.17. The van der Waals surface area contributed by atoms with Gasteiger partial charge in [0.1, 0.15) is 12.4 Å². The van der Waals surface area contributed by atoms with Crippen molar-refractivity contribution in [2.45, 2.75) is 31.7 Å². The summed E-state index contributed by atoms with van der Waals surface area (Å²) in [4.78, 5) is 18.9. The molecule has 2 N–H and O–H groups in total. The second-order valence-electron chi connectivity index (χ2n) is 6.34. The minimum absolute atomic E-state index is 0.0626. The summed E-state index contributed by atoms with van der Waals surface area (Å²) in [7, 11) is 0.963. The first-order valence-electron chi connectivity index (χ1n) is 8.12. The Morgan fingerprint density at radius 3 is 2.77 bits per heavy atom. The molecule has 26 heavy (non-hydrogen) atoms. The Morgan fingerprint density at radius 1 is 1.42 bits per heavy atom. The van der Waals surface area contributed by atoms with Gasteiger partial charge in [-0.15, -0.1) is 0 Å². The van der Waals surface area contributed by atoms with Gasteiger partial charge in [0.2, 0.25) is 18.2 Å². The van der Waals surface area contributed by atoms with Gasteiger partial charge < -0.3 is 20.1 Å². The van der Waals surface area contributed by atoms with Crippen LogP contribution in [0.4, 0.5) is 23.5 Å². The maximum atomic E-state index is 13.7. The fourth-order valence-corrected chi connectivity index (χ4v) is 3.00. The Kier molecular flexibility index (Phi) is 5.03. The minimum Gasteiger partial charge on any atom is -0.341 e. The maximum Gasteiger partial charge on any atom is 0.287 e. The van der Waals surface area contributed by atoms with Crippen molar-refractivity contribution in [3.63, 3.8) is 0 Å². The van der Waals surface area contributed by atoms with Crippen LogP contribution in [0.3, 0.4) is 0 Å². The molecule has 2 aromatic rings. The SMILES string of the molecule is CN(C(=O)Cn1c(N2CCC(N)C2)nc2ccc(F)cc21)C(F)C(F)F. The molecular weight excluding hydrogens is 354 g/mol. The summed E-state index contributed by atoms with van der Waals surface area (Å²) in [6, 6.07) is 3.84. The summed E-state index contributed by atoms with van der Waals surface area (Å²) in [5.74, 6) is -1.01. The molecule has 1 aromatic heterocycles. The third-order valence-corrected chi connectivity index (χ3v) is 4.46. The zero-order valence-electron chi connectivity index (χ0n) is 14.1. The highest BCUT2D eigenvalue weighted by Gasteiger charge is 2.30. The molecule has 1 aromatic carbocycles. The maximum absolute atomic E-state index is 13.7. The number of carbonyl (C=O) groups is 1. The normalized spacial score (nSPS) is 18.7. The number of rotatable bonds is 5. The molecule has 10 heteroatoms. The lowest BCUT2D eigenvalue weighted by Crippen LogP contribution is -2.40. The third-order valence-electron chi connectivity index (χ3n) is 4.46. The highest BCUT2D eigenvalue weighted by molar-refractivity contribution is 5.83. The van der Waals surface area contributed by atoms with E-state index in [1.165, 1.54) is 22.8 Å². The van der Waals surface area contributed by atoms with Crippen LogP contribution < -0.4 is 10.6 Å². The number of halogens is 4. The van der Waals surface area contributed by atoms with Crippen molar-refractivity contribution in [1.29, 1.82) is 0 Å². The number of hydrogen-bond acceptors (Lipinski definition) is 4. The number of benzene rings is 1. The molecule has 1 saturated heterocycles. The zero-order valence-corrected chi connectivity index (χ0v) is 14.1. The Bertz CT molecular complexity index is 811. The Hall–Kier alpha value is -2.36. The van der Waals surface area contributed by atoms with Gasteiger partial charge in [-0.2, -0.15) is 0 Å². The van der Waals surface area contributed by atoms with Gasteiger partial charge in [0, 0.05) is 26.2 Å². The highest BCUT2D eigenvalue weighted by atomic mass is 19.3. The van der Waals surface area contributed by atoms with Crippen LogP contribution in [0.25, 0.3) is 11.0 Å². The van der Waals surface area contributed by atoms with E-state index in [0.29, 0.717) is 35.0 Å². The lowest BCUT2D eigenvalue weighted by atomic mass is 10.3. The van der Waals surface area contributed by atoms with E-state index in [0.717, 1.165) is 13.5 Å². The number of aromatic nitrogens is 2. The number of nitrogens with two attached hydrogens (primary N) is 1. The van der Waals surface area contributed by atoms with E-state index in [1.807, 2.05) is 4.90 Å². The molecule has 3 rings (SSSR count). The molecule has 1 fully saturated rings. The van der Waals surface area contributed by atoms with E-state index >= 15 is 0 Å². The summed E-state index contributed by atoms with van der Waals surface area (Å²) in [5.41, 5.74) is 6.68. The van der Waals surface area contributed by atoms with Crippen LogP contribution in [-0.4, -0.2) is 59.3 Å². The van der Waals surface area contributed by atoms with Gasteiger partial charge >= 0.3 is 0 Å². The van der Waals surface area contributed by atoms with Gasteiger partial charge in [0.05, 0.1) is 11.0 Å². The molecule has 1 aliphatic rings. The Balaban J connectivity index is 1.97. The smallest absolute Gasteiger partial charge is 0.287 e. The largest absolute Gasteiger partial charge is 0.341 e. The Labute approximate surface area is 147 Å². The van der Waals surface area contributed by atoms with Crippen molar-refractivity contribution in [2.24, 2.45) is 5.73 Å². The summed E-state index contributed by atoms with van der Waals surface area (Å²) in [6.45, 7) is 0.656. The van der Waals surface area contributed by atoms with Crippen molar-refractivity contribution in [1.82, 2.24) is 14.5 Å². The van der Waals surface area contributed by atoms with E-state index in [4.69, 9.17) is 5.73 Å². The Morgan fingerprint density at radius 2 is 2.15 bits per heavy atom. The van der Waals surface area contributed by atoms with Gasteiger partial charge in [-0.1, -0.05) is 0 Å². The van der Waals surface area contributed by atoms with Gasteiger partial charge in [-0.05, 0) is 24.6 Å².